The van der Waals surface area contributed by atoms with Gasteiger partial charge in [0.05, 0.1) is 0 Å². The molecule has 1 aliphatic carbocycles. The average molecular weight is 233 g/mol. The molecule has 0 aliphatic heterocycles. The normalized spacial score (nSPS) is 13.9. The van der Waals surface area contributed by atoms with Crippen molar-refractivity contribution in [3.05, 3.63) is 82.3 Å². The maximum atomic E-state index is 2.32. The first kappa shape index (κ1) is 11.3. The molecule has 0 atom stereocenters. The van der Waals surface area contributed by atoms with Gasteiger partial charge in [0.2, 0.25) is 0 Å². The number of hydrogen-bond donors (Lipinski definition) is 0. The lowest BCUT2D eigenvalue weighted by molar-refractivity contribution is 1.31. The molecule has 0 N–H and O–H groups in total. The SMILES string of the molecule is CC1=C(c2ccccc2)c2cc(C)c(C)cc2[CH]1. The van der Waals surface area contributed by atoms with E-state index in [1.165, 1.54) is 39.0 Å². The van der Waals surface area contributed by atoms with Crippen LogP contribution in [0.15, 0.2) is 48.0 Å². The third-order valence-corrected chi connectivity index (χ3v) is 3.76. The second-order valence-electron chi connectivity index (χ2n) is 5.09. The molecule has 0 heteroatoms. The Morgan fingerprint density at radius 3 is 2.17 bits per heavy atom. The van der Waals surface area contributed by atoms with Crippen molar-refractivity contribution in [1.82, 2.24) is 0 Å². The number of rotatable bonds is 1. The van der Waals surface area contributed by atoms with Crippen LogP contribution in [0.4, 0.5) is 0 Å². The van der Waals surface area contributed by atoms with Gasteiger partial charge in [-0.15, -0.1) is 0 Å². The van der Waals surface area contributed by atoms with Crippen molar-refractivity contribution in [2.24, 2.45) is 0 Å². The minimum Gasteiger partial charge on any atom is -0.0622 e. The summed E-state index contributed by atoms with van der Waals surface area (Å²) in [6.07, 6.45) is 2.30. The highest BCUT2D eigenvalue weighted by Gasteiger charge is 2.20. The van der Waals surface area contributed by atoms with Crippen molar-refractivity contribution in [3.8, 4) is 0 Å². The summed E-state index contributed by atoms with van der Waals surface area (Å²) >= 11 is 0. The third-order valence-electron chi connectivity index (χ3n) is 3.76. The molecular weight excluding hydrogens is 216 g/mol. The summed E-state index contributed by atoms with van der Waals surface area (Å²) in [5.74, 6) is 0. The Labute approximate surface area is 109 Å². The fourth-order valence-corrected chi connectivity index (χ4v) is 2.68. The molecule has 1 radical (unpaired) electrons. The molecule has 0 heterocycles. The van der Waals surface area contributed by atoms with Crippen LogP contribution >= 0.6 is 0 Å². The van der Waals surface area contributed by atoms with Crippen LogP contribution in [0.3, 0.4) is 0 Å². The van der Waals surface area contributed by atoms with Crippen LogP contribution in [0.5, 0.6) is 0 Å². The minimum absolute atomic E-state index is 1.31. The van der Waals surface area contributed by atoms with Crippen LogP contribution in [-0.2, 0) is 0 Å². The molecule has 0 nitrogen and oxygen atoms in total. The number of hydrogen-bond acceptors (Lipinski definition) is 0. The summed E-state index contributed by atoms with van der Waals surface area (Å²) in [6, 6.07) is 15.3. The summed E-state index contributed by atoms with van der Waals surface area (Å²) in [7, 11) is 0. The van der Waals surface area contributed by atoms with Crippen LogP contribution in [0, 0.1) is 20.3 Å². The second-order valence-corrected chi connectivity index (χ2v) is 5.09. The lowest BCUT2D eigenvalue weighted by atomic mass is 9.95. The first-order valence-corrected chi connectivity index (χ1v) is 6.39. The van der Waals surface area contributed by atoms with Crippen molar-refractivity contribution >= 4 is 5.57 Å². The van der Waals surface area contributed by atoms with Gasteiger partial charge in [0.1, 0.15) is 0 Å². The van der Waals surface area contributed by atoms with Gasteiger partial charge in [-0.05, 0) is 54.2 Å². The molecule has 0 aromatic heterocycles. The van der Waals surface area contributed by atoms with E-state index in [9.17, 15) is 0 Å². The Kier molecular flexibility index (Phi) is 2.59. The van der Waals surface area contributed by atoms with Crippen molar-refractivity contribution in [1.29, 1.82) is 0 Å². The molecule has 0 saturated carbocycles. The number of benzene rings is 2. The van der Waals surface area contributed by atoms with E-state index in [1.54, 1.807) is 0 Å². The van der Waals surface area contributed by atoms with Crippen LogP contribution in [0.25, 0.3) is 5.57 Å². The topological polar surface area (TPSA) is 0 Å². The van der Waals surface area contributed by atoms with Gasteiger partial charge in [-0.1, -0.05) is 48.0 Å². The molecule has 18 heavy (non-hydrogen) atoms. The first-order valence-electron chi connectivity index (χ1n) is 6.39. The van der Waals surface area contributed by atoms with Gasteiger partial charge in [-0.2, -0.15) is 0 Å². The summed E-state index contributed by atoms with van der Waals surface area (Å²) in [5.41, 5.74) is 9.52. The Morgan fingerprint density at radius 1 is 0.778 bits per heavy atom. The molecule has 0 fully saturated rings. The fourth-order valence-electron chi connectivity index (χ4n) is 2.68. The van der Waals surface area contributed by atoms with Crippen molar-refractivity contribution in [2.45, 2.75) is 20.8 Å². The van der Waals surface area contributed by atoms with E-state index < -0.39 is 0 Å². The van der Waals surface area contributed by atoms with Gasteiger partial charge in [-0.3, -0.25) is 0 Å². The van der Waals surface area contributed by atoms with Crippen LogP contribution in [0.2, 0.25) is 0 Å². The van der Waals surface area contributed by atoms with E-state index in [4.69, 9.17) is 0 Å². The third kappa shape index (κ3) is 1.69. The quantitative estimate of drug-likeness (QED) is 0.670. The molecular formula is C18H17. The number of fused-ring (bicyclic) bond motifs is 1. The summed E-state index contributed by atoms with van der Waals surface area (Å²) in [5, 5.41) is 0. The monoisotopic (exact) mass is 233 g/mol. The summed E-state index contributed by atoms with van der Waals surface area (Å²) < 4.78 is 0. The maximum Gasteiger partial charge on any atom is 0.0168 e. The second kappa shape index (κ2) is 4.13. The molecule has 2 aromatic carbocycles. The highest BCUT2D eigenvalue weighted by molar-refractivity contribution is 5.90. The molecule has 2 aromatic rings. The molecule has 89 valence electrons. The Hall–Kier alpha value is -1.82. The zero-order valence-corrected chi connectivity index (χ0v) is 11.1. The van der Waals surface area contributed by atoms with Gasteiger partial charge in [0, 0.05) is 6.42 Å². The Bertz CT molecular complexity index is 631. The minimum atomic E-state index is 1.31. The summed E-state index contributed by atoms with van der Waals surface area (Å²) in [6.45, 7) is 6.57. The fraction of sp³-hybridized carbons (Fsp3) is 0.167. The van der Waals surface area contributed by atoms with Gasteiger partial charge < -0.3 is 0 Å². The van der Waals surface area contributed by atoms with Crippen molar-refractivity contribution in [3.63, 3.8) is 0 Å². The molecule has 0 amide bonds. The van der Waals surface area contributed by atoms with Gasteiger partial charge >= 0.3 is 0 Å². The average Bonchev–Trinajstić information content (AvgIpc) is 2.66. The maximum absolute atomic E-state index is 2.32. The van der Waals surface area contributed by atoms with E-state index in [0.717, 1.165) is 0 Å². The van der Waals surface area contributed by atoms with Crippen molar-refractivity contribution < 1.29 is 0 Å². The molecule has 0 spiro atoms. The van der Waals surface area contributed by atoms with Crippen LogP contribution < -0.4 is 0 Å². The molecule has 1 aliphatic rings. The lowest BCUT2D eigenvalue weighted by Crippen LogP contribution is -1.90. The van der Waals surface area contributed by atoms with Crippen LogP contribution in [0.1, 0.15) is 34.7 Å². The van der Waals surface area contributed by atoms with E-state index >= 15 is 0 Å². The Balaban J connectivity index is 2.20. The van der Waals surface area contributed by atoms with Crippen molar-refractivity contribution in [2.75, 3.05) is 0 Å². The zero-order valence-electron chi connectivity index (χ0n) is 11.1. The standard InChI is InChI=1S/C18H17/c1-12-9-16-10-14(3)18(17(16)11-13(12)2)15-7-5-4-6-8-15/h4-11H,1-3H3. The van der Waals surface area contributed by atoms with E-state index in [0.29, 0.717) is 0 Å². The zero-order chi connectivity index (χ0) is 12.7. The number of allylic oxidation sites excluding steroid dienone is 1. The van der Waals surface area contributed by atoms with Gasteiger partial charge in [0.15, 0.2) is 0 Å². The Morgan fingerprint density at radius 2 is 1.44 bits per heavy atom. The highest BCUT2D eigenvalue weighted by atomic mass is 14.2. The van der Waals surface area contributed by atoms with E-state index in [2.05, 4.69) is 69.7 Å². The van der Waals surface area contributed by atoms with E-state index in [1.807, 2.05) is 0 Å². The first-order chi connectivity index (χ1) is 8.66. The van der Waals surface area contributed by atoms with Crippen LogP contribution in [-0.4, -0.2) is 0 Å². The molecule has 3 rings (SSSR count). The number of aryl methyl sites for hydroxylation is 2. The van der Waals surface area contributed by atoms with Gasteiger partial charge in [-0.25, -0.2) is 0 Å². The molecule has 0 bridgehead atoms. The summed E-state index contributed by atoms with van der Waals surface area (Å²) in [4.78, 5) is 0. The highest BCUT2D eigenvalue weighted by Crippen LogP contribution is 2.39. The molecule has 0 unspecified atom stereocenters. The smallest absolute Gasteiger partial charge is 0.0168 e. The predicted octanol–water partition coefficient (Wildman–Crippen LogP) is 4.69. The van der Waals surface area contributed by atoms with Gasteiger partial charge in [0.25, 0.3) is 0 Å². The lowest BCUT2D eigenvalue weighted by Gasteiger charge is -2.09. The molecule has 0 saturated heterocycles. The largest absolute Gasteiger partial charge is 0.0622 e. The predicted molar refractivity (Wildman–Crippen MR) is 77.5 cm³/mol. The van der Waals surface area contributed by atoms with E-state index in [-0.39, 0.29) is 0 Å².